The summed E-state index contributed by atoms with van der Waals surface area (Å²) in [6.45, 7) is 7.75. The number of nitrogens with zero attached hydrogens (tertiary/aromatic N) is 2. The summed E-state index contributed by atoms with van der Waals surface area (Å²) in [5.41, 5.74) is 2.58. The molecular weight excluding hydrogens is 498 g/mol. The number of carboxylic acids is 1. The number of carbonyl (C=O) groups is 2. The van der Waals surface area contributed by atoms with Crippen molar-refractivity contribution in [2.45, 2.75) is 65.0 Å². The number of hydrogen-bond donors (Lipinski definition) is 2. The quantitative estimate of drug-likeness (QED) is 0.496. The topological polar surface area (TPSA) is 110 Å². The first-order valence-electron chi connectivity index (χ1n) is 13.7. The molecule has 39 heavy (non-hydrogen) atoms. The van der Waals surface area contributed by atoms with Gasteiger partial charge in [-0.3, -0.25) is 9.59 Å². The molecule has 0 bridgehead atoms. The number of ether oxygens (including phenoxy) is 3. The van der Waals surface area contributed by atoms with Crippen molar-refractivity contribution in [3.05, 3.63) is 53.6 Å². The van der Waals surface area contributed by atoms with Gasteiger partial charge in [-0.15, -0.1) is 0 Å². The lowest BCUT2D eigenvalue weighted by molar-refractivity contribution is -0.136. The van der Waals surface area contributed by atoms with Gasteiger partial charge in [0.25, 0.3) is 11.9 Å². The van der Waals surface area contributed by atoms with Crippen LogP contribution in [0.15, 0.2) is 47.5 Å². The van der Waals surface area contributed by atoms with Gasteiger partial charge in [0.1, 0.15) is 6.61 Å². The number of fused-ring (bicyclic) bond motifs is 1. The molecule has 3 aliphatic rings. The Kier molecular flexibility index (Phi) is 7.68. The normalized spacial score (nSPS) is 23.5. The summed E-state index contributed by atoms with van der Waals surface area (Å²) in [4.78, 5) is 30.4. The molecule has 2 fully saturated rings. The number of aliphatic imine (C=N–C) groups is 1. The average molecular weight is 536 g/mol. The second-order valence-electron chi connectivity index (χ2n) is 11.6. The lowest BCUT2D eigenvalue weighted by Crippen LogP contribution is -2.42. The van der Waals surface area contributed by atoms with Gasteiger partial charge in [0.15, 0.2) is 11.5 Å². The smallest absolute Gasteiger partial charge is 0.305 e. The number of nitrogens with one attached hydrogen (secondary N) is 1. The number of rotatable bonds is 7. The van der Waals surface area contributed by atoms with Crippen molar-refractivity contribution in [2.24, 2.45) is 16.3 Å². The SMILES string of the molecule is CC(C)(C)C1CCC(N2C(=Nc3ccc4c(c3)OCO4)OCC2c2ccc(C(=O)NCCC(=O)O)cc2)CC1. The third-order valence-corrected chi connectivity index (χ3v) is 8.00. The monoisotopic (exact) mass is 535 g/mol. The molecule has 0 spiro atoms. The molecule has 1 amide bonds. The fraction of sp³-hybridized carbons (Fsp3) is 0.500. The maximum atomic E-state index is 12.4. The highest BCUT2D eigenvalue weighted by atomic mass is 16.7. The molecular formula is C30H37N3O6. The Balaban J connectivity index is 1.37. The Morgan fingerprint density at radius 2 is 1.72 bits per heavy atom. The van der Waals surface area contributed by atoms with Crippen LogP contribution in [0.25, 0.3) is 0 Å². The molecule has 1 saturated heterocycles. The molecule has 9 heteroatoms. The van der Waals surface area contributed by atoms with E-state index in [9.17, 15) is 9.59 Å². The van der Waals surface area contributed by atoms with Crippen LogP contribution in [0.1, 0.15) is 74.8 Å². The lowest BCUT2D eigenvalue weighted by Gasteiger charge is -2.41. The fourth-order valence-electron chi connectivity index (χ4n) is 5.73. The predicted molar refractivity (Wildman–Crippen MR) is 146 cm³/mol. The Morgan fingerprint density at radius 1 is 1.00 bits per heavy atom. The van der Waals surface area contributed by atoms with Crippen LogP contribution in [0.4, 0.5) is 5.69 Å². The van der Waals surface area contributed by atoms with Crippen LogP contribution in [-0.4, -0.2) is 53.9 Å². The van der Waals surface area contributed by atoms with Crippen LogP contribution in [0.5, 0.6) is 11.5 Å². The van der Waals surface area contributed by atoms with Gasteiger partial charge < -0.3 is 29.5 Å². The van der Waals surface area contributed by atoms with Crippen molar-refractivity contribution in [2.75, 3.05) is 19.9 Å². The average Bonchev–Trinajstić information content (AvgIpc) is 3.55. The minimum Gasteiger partial charge on any atom is -0.481 e. The Bertz CT molecular complexity index is 1230. The van der Waals surface area contributed by atoms with Crippen LogP contribution in [0.2, 0.25) is 0 Å². The second kappa shape index (κ2) is 11.2. The van der Waals surface area contributed by atoms with Gasteiger partial charge in [0.2, 0.25) is 6.79 Å². The largest absolute Gasteiger partial charge is 0.481 e. The zero-order chi connectivity index (χ0) is 27.6. The summed E-state index contributed by atoms with van der Waals surface area (Å²) in [5.74, 6) is 0.855. The standard InChI is InChI=1S/C30H37N3O6/c1-30(2,3)21-8-11-23(12-9-21)33-24(19-4-6-20(7-5-19)28(36)31-15-14-27(34)35)17-37-29(33)32-22-10-13-25-26(16-22)39-18-38-25/h4-7,10,13,16,21,23-24H,8-9,11-12,14-15,17-18H2,1-3H3,(H,31,36)(H,34,35). The molecule has 1 unspecified atom stereocenters. The predicted octanol–water partition coefficient (Wildman–Crippen LogP) is 5.29. The van der Waals surface area contributed by atoms with E-state index in [4.69, 9.17) is 24.3 Å². The van der Waals surface area contributed by atoms with Gasteiger partial charge in [-0.05, 0) is 66.8 Å². The first-order chi connectivity index (χ1) is 18.7. The molecule has 1 aliphatic carbocycles. The highest BCUT2D eigenvalue weighted by Crippen LogP contribution is 2.43. The summed E-state index contributed by atoms with van der Waals surface area (Å²) in [6.07, 6.45) is 4.33. The van der Waals surface area contributed by atoms with E-state index in [0.29, 0.717) is 41.7 Å². The molecule has 9 nitrogen and oxygen atoms in total. The molecule has 0 radical (unpaired) electrons. The number of amides is 1. The number of amidine groups is 1. The van der Waals surface area contributed by atoms with Gasteiger partial charge >= 0.3 is 5.97 Å². The van der Waals surface area contributed by atoms with Crippen LogP contribution >= 0.6 is 0 Å². The van der Waals surface area contributed by atoms with E-state index in [1.54, 1.807) is 12.1 Å². The molecule has 0 aromatic heterocycles. The molecule has 208 valence electrons. The van der Waals surface area contributed by atoms with Crippen LogP contribution < -0.4 is 14.8 Å². The van der Waals surface area contributed by atoms with E-state index < -0.39 is 5.97 Å². The van der Waals surface area contributed by atoms with Gasteiger partial charge in [-0.2, -0.15) is 4.99 Å². The first-order valence-corrected chi connectivity index (χ1v) is 13.7. The van der Waals surface area contributed by atoms with Crippen molar-refractivity contribution in [3.8, 4) is 11.5 Å². The zero-order valence-electron chi connectivity index (χ0n) is 22.8. The van der Waals surface area contributed by atoms with E-state index in [0.717, 1.165) is 36.9 Å². The summed E-state index contributed by atoms with van der Waals surface area (Å²) < 4.78 is 17.2. The highest BCUT2D eigenvalue weighted by Gasteiger charge is 2.40. The molecule has 5 rings (SSSR count). The van der Waals surface area contributed by atoms with E-state index in [2.05, 4.69) is 31.0 Å². The first kappa shape index (κ1) is 26.8. The van der Waals surface area contributed by atoms with E-state index in [1.165, 1.54) is 0 Å². The third kappa shape index (κ3) is 6.13. The summed E-state index contributed by atoms with van der Waals surface area (Å²) >= 11 is 0. The maximum absolute atomic E-state index is 12.4. The summed E-state index contributed by atoms with van der Waals surface area (Å²) in [6, 6.07) is 14.0. The van der Waals surface area contributed by atoms with Crippen molar-refractivity contribution in [3.63, 3.8) is 0 Å². The van der Waals surface area contributed by atoms with Crippen LogP contribution in [0, 0.1) is 11.3 Å². The lowest BCUT2D eigenvalue weighted by atomic mass is 9.71. The molecule has 2 heterocycles. The minimum absolute atomic E-state index is 0.0296. The number of benzene rings is 2. The number of aliphatic carboxylic acids is 1. The number of carbonyl (C=O) groups excluding carboxylic acids is 1. The van der Waals surface area contributed by atoms with E-state index in [1.807, 2.05) is 30.3 Å². The van der Waals surface area contributed by atoms with Gasteiger partial charge in [-0.25, -0.2) is 0 Å². The Hall–Kier alpha value is -3.75. The van der Waals surface area contributed by atoms with Crippen molar-refractivity contribution < 1.29 is 28.9 Å². The van der Waals surface area contributed by atoms with Gasteiger partial charge in [-0.1, -0.05) is 32.9 Å². The summed E-state index contributed by atoms with van der Waals surface area (Å²) in [5, 5.41) is 11.5. The molecule has 2 aromatic rings. The third-order valence-electron chi connectivity index (χ3n) is 8.00. The van der Waals surface area contributed by atoms with Crippen molar-refractivity contribution in [1.82, 2.24) is 10.2 Å². The maximum Gasteiger partial charge on any atom is 0.305 e. The molecule has 2 aliphatic heterocycles. The van der Waals surface area contributed by atoms with Crippen molar-refractivity contribution in [1.29, 1.82) is 0 Å². The second-order valence-corrected chi connectivity index (χ2v) is 11.6. The van der Waals surface area contributed by atoms with Crippen molar-refractivity contribution >= 4 is 23.6 Å². The van der Waals surface area contributed by atoms with Gasteiger partial charge in [0, 0.05) is 24.2 Å². The zero-order valence-corrected chi connectivity index (χ0v) is 22.8. The van der Waals surface area contributed by atoms with E-state index >= 15 is 0 Å². The Labute approximate surface area is 229 Å². The van der Waals surface area contributed by atoms with Gasteiger partial charge in [0.05, 0.1) is 18.2 Å². The highest BCUT2D eigenvalue weighted by molar-refractivity contribution is 5.94. The van der Waals surface area contributed by atoms with E-state index in [-0.39, 0.29) is 37.1 Å². The number of hydrogen-bond acceptors (Lipinski definition) is 6. The molecule has 2 N–H and O–H groups in total. The summed E-state index contributed by atoms with van der Waals surface area (Å²) in [7, 11) is 0. The van der Waals surface area contributed by atoms with Crippen LogP contribution in [0.3, 0.4) is 0 Å². The fourth-order valence-corrected chi connectivity index (χ4v) is 5.73. The molecule has 1 saturated carbocycles. The molecule has 1 atom stereocenters. The van der Waals surface area contributed by atoms with Crippen LogP contribution in [-0.2, 0) is 9.53 Å². The minimum atomic E-state index is -0.943. The Morgan fingerprint density at radius 3 is 2.41 bits per heavy atom. The number of carboxylic acid groups (broad SMARTS) is 1. The molecule has 2 aromatic carbocycles.